The lowest BCUT2D eigenvalue weighted by molar-refractivity contribution is -0.118. The Balaban J connectivity index is 1.45. The minimum atomic E-state index is -0.245. The van der Waals surface area contributed by atoms with Crippen LogP contribution in [0.5, 0.6) is 11.5 Å². The van der Waals surface area contributed by atoms with E-state index in [4.69, 9.17) is 13.9 Å². The van der Waals surface area contributed by atoms with Gasteiger partial charge in [-0.2, -0.15) is 0 Å². The fraction of sp³-hybridized carbons (Fsp3) is 0.167. The highest BCUT2D eigenvalue weighted by Crippen LogP contribution is 2.27. The molecule has 0 aliphatic rings. The molecule has 0 saturated carbocycles. The summed E-state index contributed by atoms with van der Waals surface area (Å²) in [4.78, 5) is 16.8. The van der Waals surface area contributed by atoms with E-state index in [-0.39, 0.29) is 12.5 Å². The number of hydrogen-bond acceptors (Lipinski definition) is 5. The lowest BCUT2D eigenvalue weighted by Gasteiger charge is -2.11. The van der Waals surface area contributed by atoms with E-state index in [2.05, 4.69) is 10.3 Å². The maximum absolute atomic E-state index is 12.3. The molecule has 1 aromatic heterocycles. The number of ether oxygens (including phenoxy) is 2. The molecule has 1 N–H and O–H groups in total. The van der Waals surface area contributed by atoms with E-state index in [1.54, 1.807) is 19.2 Å². The molecule has 1 amide bonds. The van der Waals surface area contributed by atoms with Crippen molar-refractivity contribution in [2.24, 2.45) is 0 Å². The summed E-state index contributed by atoms with van der Waals surface area (Å²) in [7, 11) is 1.62. The first kappa shape index (κ1) is 19.5. The normalized spacial score (nSPS) is 10.8. The number of methoxy groups -OCH3 is 1. The van der Waals surface area contributed by atoms with Crippen molar-refractivity contribution in [2.75, 3.05) is 19.0 Å². The summed E-state index contributed by atoms with van der Waals surface area (Å²) in [6.07, 6.45) is 0. The van der Waals surface area contributed by atoms with Gasteiger partial charge in [-0.15, -0.1) is 0 Å². The van der Waals surface area contributed by atoms with E-state index >= 15 is 0 Å². The number of anilines is 1. The highest BCUT2D eigenvalue weighted by Gasteiger charge is 2.11. The molecule has 152 valence electrons. The fourth-order valence-electron chi connectivity index (χ4n) is 3.08. The van der Waals surface area contributed by atoms with Crippen molar-refractivity contribution in [1.82, 2.24) is 4.98 Å². The highest BCUT2D eigenvalue weighted by molar-refractivity contribution is 5.94. The van der Waals surface area contributed by atoms with Gasteiger partial charge in [-0.3, -0.25) is 4.79 Å². The monoisotopic (exact) mass is 402 g/mol. The Bertz CT molecular complexity index is 1200. The maximum Gasteiger partial charge on any atom is 0.262 e. The molecule has 0 saturated heterocycles. The fourth-order valence-corrected chi connectivity index (χ4v) is 3.08. The number of carbonyl (C=O) groups excluding carboxylic acids is 1. The molecular formula is C24H22N2O4. The molecule has 1 heterocycles. The first-order valence-corrected chi connectivity index (χ1v) is 9.57. The SMILES string of the molecule is COc1ccc(-c2nc3ccc(NC(=O)COc4cccc(C)c4C)cc3o2)cc1. The van der Waals surface area contributed by atoms with Crippen LogP contribution in [-0.2, 0) is 4.79 Å². The van der Waals surface area contributed by atoms with E-state index in [1.807, 2.05) is 62.4 Å². The van der Waals surface area contributed by atoms with Gasteiger partial charge < -0.3 is 19.2 Å². The van der Waals surface area contributed by atoms with Crippen LogP contribution in [0.2, 0.25) is 0 Å². The summed E-state index contributed by atoms with van der Waals surface area (Å²) < 4.78 is 16.7. The number of benzene rings is 3. The van der Waals surface area contributed by atoms with Crippen LogP contribution in [0.1, 0.15) is 11.1 Å². The second-order valence-electron chi connectivity index (χ2n) is 6.96. The van der Waals surface area contributed by atoms with Crippen molar-refractivity contribution in [1.29, 1.82) is 0 Å². The molecule has 0 unspecified atom stereocenters. The zero-order valence-electron chi connectivity index (χ0n) is 17.1. The van der Waals surface area contributed by atoms with Crippen molar-refractivity contribution in [2.45, 2.75) is 13.8 Å². The highest BCUT2D eigenvalue weighted by atomic mass is 16.5. The van der Waals surface area contributed by atoms with Gasteiger partial charge in [-0.05, 0) is 67.4 Å². The molecule has 6 nitrogen and oxygen atoms in total. The largest absolute Gasteiger partial charge is 0.497 e. The van der Waals surface area contributed by atoms with E-state index in [0.29, 0.717) is 28.4 Å². The molecule has 0 bridgehead atoms. The number of nitrogens with zero attached hydrogens (tertiary/aromatic N) is 1. The topological polar surface area (TPSA) is 73.6 Å². The second kappa shape index (κ2) is 8.29. The molecule has 4 aromatic rings. The third-order valence-corrected chi connectivity index (χ3v) is 4.92. The van der Waals surface area contributed by atoms with Gasteiger partial charge in [0.1, 0.15) is 17.0 Å². The number of oxazole rings is 1. The Morgan fingerprint density at radius 3 is 2.63 bits per heavy atom. The van der Waals surface area contributed by atoms with Gasteiger partial charge in [-0.1, -0.05) is 12.1 Å². The predicted octanol–water partition coefficient (Wildman–Crippen LogP) is 5.14. The molecular weight excluding hydrogens is 380 g/mol. The van der Waals surface area contributed by atoms with Crippen LogP contribution in [0.15, 0.2) is 65.1 Å². The first-order valence-electron chi connectivity index (χ1n) is 9.57. The molecule has 0 radical (unpaired) electrons. The standard InChI is InChI=1S/C24H22N2O4/c1-15-5-4-6-21(16(15)2)29-14-23(27)25-18-9-12-20-22(13-18)30-24(26-20)17-7-10-19(28-3)11-8-17/h4-13H,14H2,1-3H3,(H,25,27). The van der Waals surface area contributed by atoms with Crippen molar-refractivity contribution in [3.63, 3.8) is 0 Å². The zero-order valence-corrected chi connectivity index (χ0v) is 17.1. The smallest absolute Gasteiger partial charge is 0.262 e. The van der Waals surface area contributed by atoms with E-state index in [9.17, 15) is 4.79 Å². The third-order valence-electron chi connectivity index (χ3n) is 4.92. The number of carbonyl (C=O) groups is 1. The molecule has 4 rings (SSSR count). The van der Waals surface area contributed by atoms with Crippen molar-refractivity contribution < 1.29 is 18.7 Å². The number of aryl methyl sites for hydroxylation is 1. The lowest BCUT2D eigenvalue weighted by atomic mass is 10.1. The Morgan fingerprint density at radius 2 is 1.87 bits per heavy atom. The molecule has 30 heavy (non-hydrogen) atoms. The van der Waals surface area contributed by atoms with E-state index in [0.717, 1.165) is 22.4 Å². The minimum Gasteiger partial charge on any atom is -0.497 e. The second-order valence-corrected chi connectivity index (χ2v) is 6.96. The van der Waals surface area contributed by atoms with Crippen LogP contribution in [0, 0.1) is 13.8 Å². The predicted molar refractivity (Wildman–Crippen MR) is 116 cm³/mol. The third kappa shape index (κ3) is 4.12. The van der Waals surface area contributed by atoms with Crippen molar-refractivity contribution >= 4 is 22.7 Å². The van der Waals surface area contributed by atoms with Gasteiger partial charge in [0.25, 0.3) is 5.91 Å². The average Bonchev–Trinajstić information content (AvgIpc) is 3.18. The van der Waals surface area contributed by atoms with Gasteiger partial charge >= 0.3 is 0 Å². The molecule has 0 atom stereocenters. The van der Waals surface area contributed by atoms with E-state index < -0.39 is 0 Å². The molecule has 3 aromatic carbocycles. The van der Waals surface area contributed by atoms with E-state index in [1.165, 1.54) is 0 Å². The van der Waals surface area contributed by atoms with Crippen molar-refractivity contribution in [3.05, 3.63) is 71.8 Å². The first-order chi connectivity index (χ1) is 14.5. The molecule has 0 aliphatic heterocycles. The number of aromatic nitrogens is 1. The Kier molecular flexibility index (Phi) is 5.39. The Hall–Kier alpha value is -3.80. The average molecular weight is 402 g/mol. The van der Waals surface area contributed by atoms with Gasteiger partial charge in [0.2, 0.25) is 5.89 Å². The maximum atomic E-state index is 12.3. The van der Waals surface area contributed by atoms with Gasteiger partial charge in [-0.25, -0.2) is 4.98 Å². The summed E-state index contributed by atoms with van der Waals surface area (Å²) in [5, 5.41) is 2.83. The lowest BCUT2D eigenvalue weighted by Crippen LogP contribution is -2.20. The van der Waals surface area contributed by atoms with Gasteiger partial charge in [0, 0.05) is 17.3 Å². The zero-order chi connectivity index (χ0) is 21.1. The van der Waals surface area contributed by atoms with Crippen LogP contribution >= 0.6 is 0 Å². The molecule has 0 aliphatic carbocycles. The Labute approximate surface area is 174 Å². The van der Waals surface area contributed by atoms with Crippen LogP contribution in [0.3, 0.4) is 0 Å². The number of hydrogen-bond donors (Lipinski definition) is 1. The number of rotatable bonds is 6. The number of fused-ring (bicyclic) bond motifs is 1. The van der Waals surface area contributed by atoms with Crippen LogP contribution < -0.4 is 14.8 Å². The number of amides is 1. The van der Waals surface area contributed by atoms with Gasteiger partial charge in [0.05, 0.1) is 7.11 Å². The Morgan fingerprint density at radius 1 is 1.07 bits per heavy atom. The van der Waals surface area contributed by atoms with Gasteiger partial charge in [0.15, 0.2) is 12.2 Å². The summed E-state index contributed by atoms with van der Waals surface area (Å²) >= 11 is 0. The van der Waals surface area contributed by atoms with Crippen LogP contribution in [0.4, 0.5) is 5.69 Å². The van der Waals surface area contributed by atoms with Crippen molar-refractivity contribution in [3.8, 4) is 23.0 Å². The molecule has 0 fully saturated rings. The summed E-state index contributed by atoms with van der Waals surface area (Å²) in [6.45, 7) is 3.91. The minimum absolute atomic E-state index is 0.0736. The molecule has 6 heteroatoms. The van der Waals surface area contributed by atoms with Crippen LogP contribution in [0.25, 0.3) is 22.6 Å². The summed E-state index contributed by atoms with van der Waals surface area (Å²) in [6, 6.07) is 18.6. The number of nitrogens with one attached hydrogen (secondary N) is 1. The summed E-state index contributed by atoms with van der Waals surface area (Å²) in [5.74, 6) is 1.74. The quantitative estimate of drug-likeness (QED) is 0.483. The van der Waals surface area contributed by atoms with Crippen LogP contribution in [-0.4, -0.2) is 24.6 Å². The summed E-state index contributed by atoms with van der Waals surface area (Å²) in [5.41, 5.74) is 4.92. The molecule has 0 spiro atoms.